The minimum atomic E-state index is -0.0000694. The van der Waals surface area contributed by atoms with Crippen LogP contribution in [0.4, 0.5) is 0 Å². The molecule has 3 heteroatoms. The molecule has 0 aromatic rings. The molecule has 1 saturated heterocycles. The zero-order valence-corrected chi connectivity index (χ0v) is 7.19. The van der Waals surface area contributed by atoms with Gasteiger partial charge in [0.05, 0.1) is 12.4 Å². The van der Waals surface area contributed by atoms with Crippen LogP contribution in [-0.2, 0) is 4.79 Å². The highest BCUT2D eigenvalue weighted by Crippen LogP contribution is 2.17. The van der Waals surface area contributed by atoms with Crippen molar-refractivity contribution in [3.63, 3.8) is 0 Å². The zero-order valence-electron chi connectivity index (χ0n) is 7.19. The lowest BCUT2D eigenvalue weighted by atomic mass is 9.95. The van der Waals surface area contributed by atoms with Crippen LogP contribution >= 0.6 is 0 Å². The summed E-state index contributed by atoms with van der Waals surface area (Å²) in [6.45, 7) is 6.74. The molecule has 1 rings (SSSR count). The number of hydrogen-bond acceptors (Lipinski definition) is 2. The van der Waals surface area contributed by atoms with E-state index in [1.165, 1.54) is 0 Å². The molecule has 1 aliphatic rings. The molecule has 0 aliphatic carbocycles. The highest BCUT2D eigenvalue weighted by atomic mass is 16.2. The van der Waals surface area contributed by atoms with E-state index in [1.807, 2.05) is 6.08 Å². The smallest absolute Gasteiger partial charge is 0.268 e. The van der Waals surface area contributed by atoms with Crippen molar-refractivity contribution in [3.8, 4) is 0 Å². The van der Waals surface area contributed by atoms with E-state index in [9.17, 15) is 4.79 Å². The lowest BCUT2D eigenvalue weighted by Gasteiger charge is -2.12. The summed E-state index contributed by atoms with van der Waals surface area (Å²) in [5.41, 5.74) is 0.752. The van der Waals surface area contributed by atoms with E-state index in [0.717, 1.165) is 0 Å². The number of carbonyl (C=O) groups excluding carboxylic acids is 1. The Bertz CT molecular complexity index is 201. The van der Waals surface area contributed by atoms with Crippen LogP contribution in [-0.4, -0.2) is 12.6 Å². The maximum absolute atomic E-state index is 11.0. The molecule has 0 saturated carbocycles. The molecule has 2 N–H and O–H groups in total. The van der Waals surface area contributed by atoms with Crippen molar-refractivity contribution in [2.45, 2.75) is 20.8 Å². The van der Waals surface area contributed by atoms with Crippen LogP contribution in [0, 0.1) is 5.41 Å². The normalized spacial score (nSPS) is 21.7. The average molecular weight is 154 g/mol. The van der Waals surface area contributed by atoms with E-state index in [1.54, 1.807) is 0 Å². The molecule has 62 valence electrons. The topological polar surface area (TPSA) is 41.1 Å². The Kier molecular flexibility index (Phi) is 1.89. The molecule has 0 aromatic heterocycles. The number of rotatable bonds is 0. The van der Waals surface area contributed by atoms with Gasteiger partial charge in [0, 0.05) is 0 Å². The summed E-state index contributed by atoms with van der Waals surface area (Å²) in [5, 5.41) is 5.64. The highest BCUT2D eigenvalue weighted by Gasteiger charge is 2.18. The van der Waals surface area contributed by atoms with Gasteiger partial charge in [-0.15, -0.1) is 0 Å². The first kappa shape index (κ1) is 8.11. The van der Waals surface area contributed by atoms with Crippen LogP contribution in [0.3, 0.4) is 0 Å². The lowest BCUT2D eigenvalue weighted by Crippen LogP contribution is -2.15. The average Bonchev–Trinajstić information content (AvgIpc) is 2.12. The van der Waals surface area contributed by atoms with Gasteiger partial charge in [-0.25, -0.2) is 0 Å². The molecule has 0 unspecified atom stereocenters. The van der Waals surface area contributed by atoms with Crippen LogP contribution in [0.25, 0.3) is 0 Å². The van der Waals surface area contributed by atoms with Crippen LogP contribution in [0.5, 0.6) is 0 Å². The van der Waals surface area contributed by atoms with Crippen molar-refractivity contribution >= 4 is 5.91 Å². The molecule has 1 amide bonds. The maximum Gasteiger partial charge on any atom is 0.268 e. The summed E-state index contributed by atoms with van der Waals surface area (Å²) in [4.78, 5) is 11.0. The molecule has 1 fully saturated rings. The lowest BCUT2D eigenvalue weighted by molar-refractivity contribution is -0.116. The molecule has 0 radical (unpaired) electrons. The van der Waals surface area contributed by atoms with Gasteiger partial charge in [0.15, 0.2) is 0 Å². The summed E-state index contributed by atoms with van der Waals surface area (Å²) in [6.07, 6.45) is 1.94. The number of nitrogens with one attached hydrogen (secondary N) is 2. The monoisotopic (exact) mass is 154 g/mol. The molecule has 11 heavy (non-hydrogen) atoms. The predicted molar refractivity (Wildman–Crippen MR) is 43.7 cm³/mol. The summed E-state index contributed by atoms with van der Waals surface area (Å²) in [5.74, 6) is -0.0000694. The number of carbonyl (C=O) groups is 1. The van der Waals surface area contributed by atoms with Gasteiger partial charge in [0.1, 0.15) is 0 Å². The largest absolute Gasteiger partial charge is 0.364 e. The Morgan fingerprint density at radius 1 is 1.36 bits per heavy atom. The van der Waals surface area contributed by atoms with E-state index in [0.29, 0.717) is 12.4 Å². The predicted octanol–water partition coefficient (Wildman–Crippen LogP) is 0.593. The van der Waals surface area contributed by atoms with E-state index >= 15 is 0 Å². The molecule has 0 bridgehead atoms. The fourth-order valence-electron chi connectivity index (χ4n) is 0.945. The highest BCUT2D eigenvalue weighted by molar-refractivity contribution is 5.94. The number of hydrogen-bond donors (Lipinski definition) is 2. The molecule has 3 nitrogen and oxygen atoms in total. The Balaban J connectivity index is 2.73. The van der Waals surface area contributed by atoms with Crippen LogP contribution < -0.4 is 10.6 Å². The third-order valence-electron chi connectivity index (χ3n) is 1.35. The van der Waals surface area contributed by atoms with Gasteiger partial charge in [-0.2, -0.15) is 0 Å². The fourth-order valence-corrected chi connectivity index (χ4v) is 0.945. The van der Waals surface area contributed by atoms with Crippen molar-refractivity contribution in [3.05, 3.63) is 11.8 Å². The van der Waals surface area contributed by atoms with Crippen molar-refractivity contribution in [2.75, 3.05) is 6.67 Å². The second kappa shape index (κ2) is 2.57. The van der Waals surface area contributed by atoms with Crippen molar-refractivity contribution in [2.24, 2.45) is 5.41 Å². The number of allylic oxidation sites excluding steroid dienone is 1. The first-order chi connectivity index (χ1) is 4.99. The van der Waals surface area contributed by atoms with Gasteiger partial charge < -0.3 is 10.6 Å². The molecule has 0 aromatic carbocycles. The molecule has 0 spiro atoms. The van der Waals surface area contributed by atoms with Crippen molar-refractivity contribution in [1.82, 2.24) is 10.6 Å². The van der Waals surface area contributed by atoms with E-state index in [2.05, 4.69) is 31.4 Å². The minimum Gasteiger partial charge on any atom is -0.364 e. The fraction of sp³-hybridized carbons (Fsp3) is 0.625. The van der Waals surface area contributed by atoms with Crippen LogP contribution in [0.2, 0.25) is 0 Å². The second-order valence-electron chi connectivity index (χ2n) is 3.78. The first-order valence-corrected chi connectivity index (χ1v) is 3.74. The van der Waals surface area contributed by atoms with Gasteiger partial charge in [-0.3, -0.25) is 4.79 Å². The zero-order chi connectivity index (χ0) is 8.48. The van der Waals surface area contributed by atoms with Gasteiger partial charge in [-0.05, 0) is 5.41 Å². The molecule has 0 atom stereocenters. The molecule has 1 heterocycles. The van der Waals surface area contributed by atoms with Gasteiger partial charge >= 0.3 is 0 Å². The van der Waals surface area contributed by atoms with Gasteiger partial charge in [0.25, 0.3) is 5.91 Å². The molecule has 1 aliphatic heterocycles. The minimum absolute atomic E-state index is 0.0000694. The molecular formula is C8H14N2O. The number of amides is 1. The third-order valence-corrected chi connectivity index (χ3v) is 1.35. The van der Waals surface area contributed by atoms with E-state index in [4.69, 9.17) is 0 Å². The quantitative estimate of drug-likeness (QED) is 0.501. The first-order valence-electron chi connectivity index (χ1n) is 3.74. The Labute approximate surface area is 66.9 Å². The van der Waals surface area contributed by atoms with E-state index in [-0.39, 0.29) is 11.3 Å². The Morgan fingerprint density at radius 3 is 2.36 bits per heavy atom. The van der Waals surface area contributed by atoms with Gasteiger partial charge in [0.2, 0.25) is 0 Å². The standard InChI is InChI=1S/C8H14N2O/c1-8(2,3)4-6-7(11)10-5-9-6/h4,9H,5H2,1-3H3,(H,10,11)/b6-4-. The summed E-state index contributed by atoms with van der Waals surface area (Å²) < 4.78 is 0. The van der Waals surface area contributed by atoms with E-state index < -0.39 is 0 Å². The van der Waals surface area contributed by atoms with Crippen LogP contribution in [0.1, 0.15) is 20.8 Å². The van der Waals surface area contributed by atoms with Crippen molar-refractivity contribution in [1.29, 1.82) is 0 Å². The second-order valence-corrected chi connectivity index (χ2v) is 3.78. The summed E-state index contributed by atoms with van der Waals surface area (Å²) >= 11 is 0. The summed E-state index contributed by atoms with van der Waals surface area (Å²) in [6, 6.07) is 0. The Hall–Kier alpha value is -0.990. The molecular weight excluding hydrogens is 140 g/mol. The van der Waals surface area contributed by atoms with Crippen LogP contribution in [0.15, 0.2) is 11.8 Å². The summed E-state index contributed by atoms with van der Waals surface area (Å²) in [7, 11) is 0. The Morgan fingerprint density at radius 2 is 2.00 bits per heavy atom. The SMILES string of the molecule is CC(C)(C)/C=C1\NCNC1=O. The van der Waals surface area contributed by atoms with Gasteiger partial charge in [-0.1, -0.05) is 26.8 Å². The van der Waals surface area contributed by atoms with Crippen molar-refractivity contribution < 1.29 is 4.79 Å². The third kappa shape index (κ3) is 2.26. The maximum atomic E-state index is 11.0.